The van der Waals surface area contributed by atoms with Gasteiger partial charge in [0.1, 0.15) is 5.82 Å². The van der Waals surface area contributed by atoms with Gasteiger partial charge in [-0.2, -0.15) is 0 Å². The van der Waals surface area contributed by atoms with Gasteiger partial charge in [0.25, 0.3) is 5.91 Å². The summed E-state index contributed by atoms with van der Waals surface area (Å²) < 4.78 is 0. The minimum Gasteiger partial charge on any atom is -0.371 e. The molecule has 2 aromatic rings. The zero-order valence-corrected chi connectivity index (χ0v) is 11.8. The third-order valence-electron chi connectivity index (χ3n) is 3.65. The van der Waals surface area contributed by atoms with E-state index in [1.807, 2.05) is 31.3 Å². The maximum absolute atomic E-state index is 12.7. The molecule has 0 unspecified atom stereocenters. The van der Waals surface area contributed by atoms with Gasteiger partial charge in [0.05, 0.1) is 16.9 Å². The highest BCUT2D eigenvalue weighted by atomic mass is 16.2. The molecule has 0 radical (unpaired) electrons. The van der Waals surface area contributed by atoms with E-state index in [1.54, 1.807) is 23.2 Å². The minimum absolute atomic E-state index is 0.0494. The topological polar surface area (TPSA) is 74.5 Å². The van der Waals surface area contributed by atoms with Crippen LogP contribution in [0, 0.1) is 0 Å². The van der Waals surface area contributed by atoms with Crippen molar-refractivity contribution in [1.82, 2.24) is 4.98 Å². The number of nitrogens with two attached hydrogens (primary N) is 1. The molecule has 2 heterocycles. The first-order valence-corrected chi connectivity index (χ1v) is 6.75. The van der Waals surface area contributed by atoms with Crippen molar-refractivity contribution in [2.45, 2.75) is 0 Å². The number of aromatic nitrogens is 1. The van der Waals surface area contributed by atoms with Crippen molar-refractivity contribution in [3.05, 3.63) is 48.2 Å². The maximum atomic E-state index is 12.7. The summed E-state index contributed by atoms with van der Waals surface area (Å²) in [6, 6.07) is 11.3. The van der Waals surface area contributed by atoms with Crippen LogP contribution in [0.15, 0.2) is 42.6 Å². The number of hydrazine groups is 1. The average molecular weight is 283 g/mol. The molecule has 6 nitrogen and oxygen atoms in total. The summed E-state index contributed by atoms with van der Waals surface area (Å²) in [5.41, 5.74) is 4.99. The number of pyridine rings is 1. The van der Waals surface area contributed by atoms with Crippen LogP contribution in [-0.2, 0) is 0 Å². The number of nitrogens with zero attached hydrogens (tertiary/aromatic N) is 3. The van der Waals surface area contributed by atoms with Crippen molar-refractivity contribution in [2.24, 2.45) is 5.84 Å². The van der Waals surface area contributed by atoms with Gasteiger partial charge in [-0.25, -0.2) is 10.8 Å². The van der Waals surface area contributed by atoms with Crippen molar-refractivity contribution in [3.63, 3.8) is 0 Å². The fourth-order valence-corrected chi connectivity index (χ4v) is 2.48. The first-order chi connectivity index (χ1) is 10.2. The Morgan fingerprint density at radius 2 is 1.95 bits per heavy atom. The van der Waals surface area contributed by atoms with Crippen LogP contribution in [0.5, 0.6) is 0 Å². The standard InChI is InChI=1S/C15H17N5O/c1-19-8-9-20(13-5-3-2-4-12(13)19)15(21)11-6-7-14(18-16)17-10-11/h2-7,10H,8-9,16H2,1H3,(H,17,18). The third-order valence-corrected chi connectivity index (χ3v) is 3.65. The van der Waals surface area contributed by atoms with Gasteiger partial charge in [0.2, 0.25) is 0 Å². The van der Waals surface area contributed by atoms with Gasteiger partial charge in [-0.3, -0.25) is 4.79 Å². The van der Waals surface area contributed by atoms with Crippen LogP contribution in [0.4, 0.5) is 17.2 Å². The molecule has 6 heteroatoms. The molecule has 3 rings (SSSR count). The number of fused-ring (bicyclic) bond motifs is 1. The monoisotopic (exact) mass is 283 g/mol. The van der Waals surface area contributed by atoms with Gasteiger partial charge in [-0.1, -0.05) is 12.1 Å². The fraction of sp³-hybridized carbons (Fsp3) is 0.200. The Hall–Kier alpha value is -2.60. The molecule has 3 N–H and O–H groups in total. The van der Waals surface area contributed by atoms with Crippen LogP contribution in [0.25, 0.3) is 0 Å². The van der Waals surface area contributed by atoms with Crippen molar-refractivity contribution >= 4 is 23.1 Å². The number of nitrogen functional groups attached to an aromatic ring is 1. The maximum Gasteiger partial charge on any atom is 0.259 e. The Kier molecular flexibility index (Phi) is 3.45. The highest BCUT2D eigenvalue weighted by Crippen LogP contribution is 2.32. The van der Waals surface area contributed by atoms with Gasteiger partial charge in [0.15, 0.2) is 0 Å². The van der Waals surface area contributed by atoms with Crippen LogP contribution in [-0.4, -0.2) is 31.0 Å². The van der Waals surface area contributed by atoms with Crippen molar-refractivity contribution in [3.8, 4) is 0 Å². The van der Waals surface area contributed by atoms with Crippen molar-refractivity contribution in [2.75, 3.05) is 35.4 Å². The molecule has 1 aromatic carbocycles. The number of para-hydroxylation sites is 2. The second-order valence-electron chi connectivity index (χ2n) is 4.94. The van der Waals surface area contributed by atoms with Crippen LogP contribution in [0.1, 0.15) is 10.4 Å². The number of anilines is 3. The Morgan fingerprint density at radius 1 is 1.19 bits per heavy atom. The number of rotatable bonds is 2. The molecule has 0 fully saturated rings. The fourth-order valence-electron chi connectivity index (χ4n) is 2.48. The van der Waals surface area contributed by atoms with Gasteiger partial charge in [-0.05, 0) is 24.3 Å². The van der Waals surface area contributed by atoms with E-state index in [9.17, 15) is 4.79 Å². The van der Waals surface area contributed by atoms with E-state index in [0.717, 1.165) is 17.9 Å². The Morgan fingerprint density at radius 3 is 2.62 bits per heavy atom. The summed E-state index contributed by atoms with van der Waals surface area (Å²) in [6.07, 6.45) is 1.54. The zero-order valence-electron chi connectivity index (χ0n) is 11.8. The molecule has 0 atom stereocenters. The van der Waals surface area contributed by atoms with E-state index in [2.05, 4.69) is 15.3 Å². The molecular formula is C15H17N5O. The number of hydrogen-bond donors (Lipinski definition) is 2. The lowest BCUT2D eigenvalue weighted by Crippen LogP contribution is -2.42. The molecule has 1 aliphatic heterocycles. The van der Waals surface area contributed by atoms with Gasteiger partial charge in [0, 0.05) is 26.3 Å². The number of nitrogens with one attached hydrogen (secondary N) is 1. The lowest BCUT2D eigenvalue weighted by molar-refractivity contribution is 0.0986. The first kappa shape index (κ1) is 13.4. The second-order valence-corrected chi connectivity index (χ2v) is 4.94. The molecule has 0 bridgehead atoms. The predicted octanol–water partition coefficient (Wildman–Crippen LogP) is 1.46. The molecule has 0 saturated carbocycles. The van der Waals surface area contributed by atoms with Crippen LogP contribution >= 0.6 is 0 Å². The van der Waals surface area contributed by atoms with E-state index in [-0.39, 0.29) is 5.91 Å². The number of carbonyl (C=O) groups is 1. The summed E-state index contributed by atoms with van der Waals surface area (Å²) in [6.45, 7) is 1.46. The molecule has 21 heavy (non-hydrogen) atoms. The van der Waals surface area contributed by atoms with Gasteiger partial charge >= 0.3 is 0 Å². The normalized spacial score (nSPS) is 13.8. The Balaban J connectivity index is 1.93. The first-order valence-electron chi connectivity index (χ1n) is 6.75. The number of benzene rings is 1. The quantitative estimate of drug-likeness (QED) is 0.645. The molecule has 0 spiro atoms. The average Bonchev–Trinajstić information content (AvgIpc) is 2.55. The molecular weight excluding hydrogens is 266 g/mol. The minimum atomic E-state index is -0.0494. The summed E-state index contributed by atoms with van der Waals surface area (Å²) in [4.78, 5) is 20.7. The molecule has 1 amide bonds. The predicted molar refractivity (Wildman–Crippen MR) is 83.4 cm³/mol. The lowest BCUT2D eigenvalue weighted by atomic mass is 10.1. The summed E-state index contributed by atoms with van der Waals surface area (Å²) >= 11 is 0. The van der Waals surface area contributed by atoms with E-state index in [4.69, 9.17) is 5.84 Å². The SMILES string of the molecule is CN1CCN(C(=O)c2ccc(NN)nc2)c2ccccc21. The third kappa shape index (κ3) is 2.41. The van der Waals surface area contributed by atoms with E-state index >= 15 is 0 Å². The highest BCUT2D eigenvalue weighted by Gasteiger charge is 2.25. The number of carbonyl (C=O) groups excluding carboxylic acids is 1. The van der Waals surface area contributed by atoms with Crippen molar-refractivity contribution < 1.29 is 4.79 Å². The summed E-state index contributed by atoms with van der Waals surface area (Å²) in [7, 11) is 2.03. The Bertz CT molecular complexity index is 655. The van der Waals surface area contributed by atoms with Crippen LogP contribution in [0.2, 0.25) is 0 Å². The number of amides is 1. The molecule has 1 aliphatic rings. The summed E-state index contributed by atoms with van der Waals surface area (Å²) in [5, 5.41) is 0. The summed E-state index contributed by atoms with van der Waals surface area (Å²) in [5.74, 6) is 5.77. The molecule has 1 aromatic heterocycles. The Labute approximate surface area is 123 Å². The van der Waals surface area contributed by atoms with Gasteiger partial charge < -0.3 is 15.2 Å². The number of likely N-dealkylation sites (N-methyl/N-ethyl adjacent to an activating group) is 1. The van der Waals surface area contributed by atoms with E-state index in [0.29, 0.717) is 17.9 Å². The van der Waals surface area contributed by atoms with Gasteiger partial charge in [-0.15, -0.1) is 0 Å². The van der Waals surface area contributed by atoms with E-state index in [1.165, 1.54) is 0 Å². The molecule has 0 saturated heterocycles. The molecule has 0 aliphatic carbocycles. The van der Waals surface area contributed by atoms with Crippen LogP contribution in [0.3, 0.4) is 0 Å². The zero-order chi connectivity index (χ0) is 14.8. The van der Waals surface area contributed by atoms with E-state index < -0.39 is 0 Å². The van der Waals surface area contributed by atoms with Crippen molar-refractivity contribution in [1.29, 1.82) is 0 Å². The smallest absolute Gasteiger partial charge is 0.259 e. The molecule has 108 valence electrons. The number of hydrogen-bond acceptors (Lipinski definition) is 5. The second kappa shape index (κ2) is 5.41. The largest absolute Gasteiger partial charge is 0.371 e. The highest BCUT2D eigenvalue weighted by molar-refractivity contribution is 6.08. The van der Waals surface area contributed by atoms with Crippen LogP contribution < -0.4 is 21.1 Å². The lowest BCUT2D eigenvalue weighted by Gasteiger charge is -2.35.